The minimum Gasteiger partial charge on any atom is -0.318 e. The van der Waals surface area contributed by atoms with Crippen LogP contribution in [0.4, 0.5) is 11.4 Å². The SMILES string of the molecule is O=C(Nc1ccc(Br)cc1)C(=O)Nc1ccccc1Br. The van der Waals surface area contributed by atoms with Crippen LogP contribution in [-0.2, 0) is 9.59 Å². The van der Waals surface area contributed by atoms with Crippen LogP contribution >= 0.6 is 31.9 Å². The lowest BCUT2D eigenvalue weighted by molar-refractivity contribution is -0.133. The number of nitrogens with one attached hydrogen (secondary N) is 2. The van der Waals surface area contributed by atoms with Gasteiger partial charge in [-0.05, 0) is 52.3 Å². The smallest absolute Gasteiger partial charge is 0.314 e. The zero-order chi connectivity index (χ0) is 14.5. The molecule has 0 radical (unpaired) electrons. The van der Waals surface area contributed by atoms with Crippen molar-refractivity contribution in [1.82, 2.24) is 0 Å². The van der Waals surface area contributed by atoms with E-state index in [4.69, 9.17) is 0 Å². The van der Waals surface area contributed by atoms with Crippen molar-refractivity contribution in [3.8, 4) is 0 Å². The molecule has 2 N–H and O–H groups in total. The lowest BCUT2D eigenvalue weighted by atomic mass is 10.3. The summed E-state index contributed by atoms with van der Waals surface area (Å²) in [6.45, 7) is 0. The molecule has 6 heteroatoms. The Kier molecular flexibility index (Phi) is 4.92. The Bertz CT molecular complexity index is 642. The van der Waals surface area contributed by atoms with Crippen LogP contribution in [0.25, 0.3) is 0 Å². The Labute approximate surface area is 132 Å². The third-order valence-corrected chi connectivity index (χ3v) is 3.65. The molecule has 0 aliphatic carbocycles. The monoisotopic (exact) mass is 396 g/mol. The van der Waals surface area contributed by atoms with Gasteiger partial charge in [-0.25, -0.2) is 0 Å². The Morgan fingerprint density at radius 3 is 2.05 bits per heavy atom. The highest BCUT2D eigenvalue weighted by Gasteiger charge is 2.14. The van der Waals surface area contributed by atoms with E-state index >= 15 is 0 Å². The zero-order valence-corrected chi connectivity index (χ0v) is 13.4. The fourth-order valence-corrected chi connectivity index (χ4v) is 2.11. The van der Waals surface area contributed by atoms with Crippen LogP contribution in [0.2, 0.25) is 0 Å². The molecule has 0 unspecified atom stereocenters. The summed E-state index contributed by atoms with van der Waals surface area (Å²) >= 11 is 6.59. The van der Waals surface area contributed by atoms with Crippen LogP contribution in [0.1, 0.15) is 0 Å². The molecule has 0 heterocycles. The average molecular weight is 398 g/mol. The first-order chi connectivity index (χ1) is 9.56. The van der Waals surface area contributed by atoms with E-state index in [9.17, 15) is 9.59 Å². The molecule has 0 saturated heterocycles. The highest BCUT2D eigenvalue weighted by atomic mass is 79.9. The van der Waals surface area contributed by atoms with Gasteiger partial charge in [0.2, 0.25) is 0 Å². The van der Waals surface area contributed by atoms with Crippen LogP contribution in [0, 0.1) is 0 Å². The van der Waals surface area contributed by atoms with Gasteiger partial charge in [0.15, 0.2) is 0 Å². The molecule has 0 saturated carbocycles. The normalized spacial score (nSPS) is 9.90. The molecule has 0 aromatic heterocycles. The molecule has 0 bridgehead atoms. The molecule has 2 amide bonds. The van der Waals surface area contributed by atoms with Gasteiger partial charge in [0.25, 0.3) is 0 Å². The minimum absolute atomic E-state index is 0.545. The van der Waals surface area contributed by atoms with E-state index in [1.807, 2.05) is 6.07 Å². The molecular weight excluding hydrogens is 388 g/mol. The van der Waals surface area contributed by atoms with E-state index < -0.39 is 11.8 Å². The maximum absolute atomic E-state index is 11.8. The number of para-hydroxylation sites is 1. The van der Waals surface area contributed by atoms with Gasteiger partial charge in [0.05, 0.1) is 5.69 Å². The third kappa shape index (κ3) is 3.91. The average Bonchev–Trinajstić information content (AvgIpc) is 2.44. The van der Waals surface area contributed by atoms with Gasteiger partial charge < -0.3 is 10.6 Å². The topological polar surface area (TPSA) is 58.2 Å². The van der Waals surface area contributed by atoms with Gasteiger partial charge in [-0.2, -0.15) is 0 Å². The standard InChI is InChI=1S/C14H10Br2N2O2/c15-9-5-7-10(8-6-9)17-13(19)14(20)18-12-4-2-1-3-11(12)16/h1-8H,(H,17,19)(H,18,20). The van der Waals surface area contributed by atoms with E-state index in [1.165, 1.54) is 0 Å². The number of hydrogen-bond acceptors (Lipinski definition) is 2. The highest BCUT2D eigenvalue weighted by molar-refractivity contribution is 9.10. The number of hydrogen-bond donors (Lipinski definition) is 2. The maximum atomic E-state index is 11.8. The number of rotatable bonds is 2. The molecule has 4 nitrogen and oxygen atoms in total. The summed E-state index contributed by atoms with van der Waals surface area (Å²) in [4.78, 5) is 23.5. The van der Waals surface area contributed by atoms with Crippen molar-refractivity contribution in [1.29, 1.82) is 0 Å². The number of benzene rings is 2. The predicted molar refractivity (Wildman–Crippen MR) is 85.5 cm³/mol. The molecule has 2 rings (SSSR count). The molecule has 102 valence electrons. The van der Waals surface area contributed by atoms with E-state index in [0.29, 0.717) is 15.8 Å². The molecule has 2 aromatic rings. The van der Waals surface area contributed by atoms with E-state index in [-0.39, 0.29) is 0 Å². The number of carbonyl (C=O) groups is 2. The largest absolute Gasteiger partial charge is 0.318 e. The fourth-order valence-electron chi connectivity index (χ4n) is 1.46. The van der Waals surface area contributed by atoms with Crippen LogP contribution < -0.4 is 10.6 Å². The summed E-state index contributed by atoms with van der Waals surface area (Å²) in [5.41, 5.74) is 1.10. The summed E-state index contributed by atoms with van der Waals surface area (Å²) in [5, 5.41) is 5.06. The van der Waals surface area contributed by atoms with Gasteiger partial charge >= 0.3 is 11.8 Å². The Morgan fingerprint density at radius 2 is 1.40 bits per heavy atom. The lowest BCUT2D eigenvalue weighted by Crippen LogP contribution is -2.29. The summed E-state index contributed by atoms with van der Waals surface area (Å²) in [6, 6.07) is 14.0. The van der Waals surface area contributed by atoms with E-state index in [1.54, 1.807) is 42.5 Å². The number of carbonyl (C=O) groups excluding carboxylic acids is 2. The molecule has 0 aliphatic heterocycles. The first-order valence-corrected chi connectivity index (χ1v) is 7.27. The van der Waals surface area contributed by atoms with Gasteiger partial charge in [-0.1, -0.05) is 28.1 Å². The van der Waals surface area contributed by atoms with Crippen LogP contribution in [0.15, 0.2) is 57.5 Å². The quantitative estimate of drug-likeness (QED) is 0.757. The second kappa shape index (κ2) is 6.67. The third-order valence-electron chi connectivity index (χ3n) is 2.43. The van der Waals surface area contributed by atoms with Crippen LogP contribution in [-0.4, -0.2) is 11.8 Å². The zero-order valence-electron chi connectivity index (χ0n) is 10.2. The molecule has 0 spiro atoms. The van der Waals surface area contributed by atoms with Crippen LogP contribution in [0.5, 0.6) is 0 Å². The summed E-state index contributed by atoms with van der Waals surface area (Å²) in [7, 11) is 0. The van der Waals surface area contributed by atoms with Gasteiger partial charge in [0, 0.05) is 14.6 Å². The van der Waals surface area contributed by atoms with Crippen molar-refractivity contribution in [3.05, 3.63) is 57.5 Å². The van der Waals surface area contributed by atoms with E-state index in [0.717, 1.165) is 4.47 Å². The predicted octanol–water partition coefficient (Wildman–Crippen LogP) is 3.79. The minimum atomic E-state index is -0.722. The van der Waals surface area contributed by atoms with E-state index in [2.05, 4.69) is 42.5 Å². The molecular formula is C14H10Br2N2O2. The summed E-state index contributed by atoms with van der Waals surface area (Å²) in [5.74, 6) is -1.44. The second-order valence-corrected chi connectivity index (χ2v) is 5.67. The number of amides is 2. The summed E-state index contributed by atoms with van der Waals surface area (Å²) in [6.07, 6.45) is 0. The summed E-state index contributed by atoms with van der Waals surface area (Å²) < 4.78 is 1.61. The van der Waals surface area contributed by atoms with Crippen molar-refractivity contribution in [3.63, 3.8) is 0 Å². The Morgan fingerprint density at radius 1 is 0.800 bits per heavy atom. The highest BCUT2D eigenvalue weighted by Crippen LogP contribution is 2.21. The maximum Gasteiger partial charge on any atom is 0.314 e. The lowest BCUT2D eigenvalue weighted by Gasteiger charge is -2.07. The van der Waals surface area contributed by atoms with Crippen molar-refractivity contribution in [2.45, 2.75) is 0 Å². The Hall–Kier alpha value is -1.66. The van der Waals surface area contributed by atoms with Crippen molar-refractivity contribution >= 4 is 55.0 Å². The second-order valence-electron chi connectivity index (χ2n) is 3.89. The van der Waals surface area contributed by atoms with Gasteiger partial charge in [-0.3, -0.25) is 9.59 Å². The number of halogens is 2. The molecule has 0 aliphatic rings. The van der Waals surface area contributed by atoms with Gasteiger partial charge in [0.1, 0.15) is 0 Å². The molecule has 0 fully saturated rings. The van der Waals surface area contributed by atoms with Crippen molar-refractivity contribution in [2.24, 2.45) is 0 Å². The van der Waals surface area contributed by atoms with Crippen molar-refractivity contribution in [2.75, 3.05) is 10.6 Å². The van der Waals surface area contributed by atoms with Gasteiger partial charge in [-0.15, -0.1) is 0 Å². The molecule has 0 atom stereocenters. The first kappa shape index (κ1) is 14.7. The Balaban J connectivity index is 2.01. The fraction of sp³-hybridized carbons (Fsp3) is 0. The number of anilines is 2. The van der Waals surface area contributed by atoms with Crippen molar-refractivity contribution < 1.29 is 9.59 Å². The molecule has 20 heavy (non-hydrogen) atoms. The first-order valence-electron chi connectivity index (χ1n) is 5.68. The molecule has 2 aromatic carbocycles. The van der Waals surface area contributed by atoms with Crippen LogP contribution in [0.3, 0.4) is 0 Å².